The Morgan fingerprint density at radius 3 is 2.54 bits per heavy atom. The minimum atomic E-state index is -4.77. The molecular formula is C21H24F3N3O. The van der Waals surface area contributed by atoms with Gasteiger partial charge in [0.2, 0.25) is 0 Å². The molecule has 1 aliphatic carbocycles. The number of aromatic amines is 1. The van der Waals surface area contributed by atoms with E-state index in [1.807, 2.05) is 13.8 Å². The van der Waals surface area contributed by atoms with Crippen molar-refractivity contribution in [2.45, 2.75) is 52.1 Å². The molecule has 0 amide bonds. The standard InChI is InChI=1S/C21H24F3N3O/c1-6-7-8-9-12(2)20(21(22,23)24)16-13(3)26-27-18(16)25-14-10-19(4,5)11-15(28)17(14)20/h6-9H,2,10-11H2,1,3-5H3,(H2,25,26,27)/b7-6-,9-8-/t20-/m1/s1. The molecule has 0 radical (unpaired) electrons. The van der Waals surface area contributed by atoms with Crippen LogP contribution in [0.1, 0.15) is 44.9 Å². The van der Waals surface area contributed by atoms with Gasteiger partial charge in [-0.25, -0.2) is 0 Å². The molecule has 3 rings (SSSR count). The predicted molar refractivity (Wildman–Crippen MR) is 103 cm³/mol. The molecule has 1 aromatic heterocycles. The second kappa shape index (κ2) is 6.50. The number of carbonyl (C=O) groups excluding carboxylic acids is 1. The normalized spacial score (nSPS) is 24.5. The molecule has 1 aromatic rings. The van der Waals surface area contributed by atoms with Gasteiger partial charge in [0.1, 0.15) is 0 Å². The lowest BCUT2D eigenvalue weighted by atomic mass is 9.60. The first-order valence-corrected chi connectivity index (χ1v) is 9.10. The third-order valence-electron chi connectivity index (χ3n) is 5.35. The van der Waals surface area contributed by atoms with Crippen LogP contribution in [0.2, 0.25) is 0 Å². The highest BCUT2D eigenvalue weighted by Crippen LogP contribution is 2.59. The number of ketones is 1. The minimum absolute atomic E-state index is 0.0451. The number of Topliss-reactive ketones (excluding diaryl/α,β-unsaturated/α-hetero) is 1. The van der Waals surface area contributed by atoms with E-state index in [2.05, 4.69) is 22.1 Å². The molecule has 1 atom stereocenters. The number of nitrogens with zero attached hydrogens (tertiary/aromatic N) is 1. The van der Waals surface area contributed by atoms with E-state index in [0.29, 0.717) is 6.42 Å². The fourth-order valence-electron chi connectivity index (χ4n) is 4.30. The highest BCUT2D eigenvalue weighted by Gasteiger charge is 2.66. The summed E-state index contributed by atoms with van der Waals surface area (Å²) in [4.78, 5) is 13.1. The Hall–Kier alpha value is -2.57. The molecule has 0 spiro atoms. The molecule has 0 saturated carbocycles. The maximum Gasteiger partial charge on any atom is 0.406 e. The summed E-state index contributed by atoms with van der Waals surface area (Å²) in [5.41, 5.74) is -3.08. The summed E-state index contributed by atoms with van der Waals surface area (Å²) >= 11 is 0. The minimum Gasteiger partial charge on any atom is -0.342 e. The maximum atomic E-state index is 14.9. The highest BCUT2D eigenvalue weighted by molar-refractivity contribution is 6.03. The Morgan fingerprint density at radius 1 is 1.25 bits per heavy atom. The van der Waals surface area contributed by atoms with Gasteiger partial charge in [-0.3, -0.25) is 9.89 Å². The number of nitrogens with one attached hydrogen (secondary N) is 2. The molecule has 0 bridgehead atoms. The zero-order chi connectivity index (χ0) is 20.9. The Kier molecular flexibility index (Phi) is 4.68. The average molecular weight is 391 g/mol. The molecule has 28 heavy (non-hydrogen) atoms. The third kappa shape index (κ3) is 2.84. The first kappa shape index (κ1) is 20.2. The van der Waals surface area contributed by atoms with Crippen molar-refractivity contribution in [3.05, 3.63) is 59.0 Å². The zero-order valence-electron chi connectivity index (χ0n) is 16.4. The van der Waals surface area contributed by atoms with Gasteiger partial charge in [0.05, 0.1) is 0 Å². The van der Waals surface area contributed by atoms with Crippen molar-refractivity contribution in [1.29, 1.82) is 0 Å². The van der Waals surface area contributed by atoms with E-state index in [-0.39, 0.29) is 40.3 Å². The molecule has 0 aromatic carbocycles. The average Bonchev–Trinajstić information content (AvgIpc) is 2.91. The molecule has 7 heteroatoms. The van der Waals surface area contributed by atoms with Crippen LogP contribution in [0.25, 0.3) is 0 Å². The van der Waals surface area contributed by atoms with Crippen molar-refractivity contribution in [3.8, 4) is 0 Å². The van der Waals surface area contributed by atoms with Crippen molar-refractivity contribution < 1.29 is 18.0 Å². The summed E-state index contributed by atoms with van der Waals surface area (Å²) in [6, 6.07) is 0. The number of carbonyl (C=O) groups is 1. The fraction of sp³-hybridized carbons (Fsp3) is 0.429. The van der Waals surface area contributed by atoms with Crippen molar-refractivity contribution >= 4 is 11.6 Å². The van der Waals surface area contributed by atoms with Crippen LogP contribution < -0.4 is 5.32 Å². The van der Waals surface area contributed by atoms with Gasteiger partial charge in [0.15, 0.2) is 17.0 Å². The summed E-state index contributed by atoms with van der Waals surface area (Å²) in [6.45, 7) is 10.8. The lowest BCUT2D eigenvalue weighted by molar-refractivity contribution is -0.171. The molecule has 2 aliphatic rings. The van der Waals surface area contributed by atoms with Crippen molar-refractivity contribution in [2.24, 2.45) is 5.41 Å². The number of hydrogen-bond donors (Lipinski definition) is 2. The lowest BCUT2D eigenvalue weighted by Gasteiger charge is -2.46. The number of rotatable bonds is 3. The van der Waals surface area contributed by atoms with Crippen LogP contribution in [-0.4, -0.2) is 22.2 Å². The van der Waals surface area contributed by atoms with Crippen LogP contribution >= 0.6 is 0 Å². The Labute approximate surface area is 162 Å². The largest absolute Gasteiger partial charge is 0.406 e. The summed E-state index contributed by atoms with van der Waals surface area (Å²) in [5.74, 6) is -0.414. The monoisotopic (exact) mass is 391 g/mol. The quantitative estimate of drug-likeness (QED) is 0.690. The number of allylic oxidation sites excluding steroid dienone is 7. The molecule has 2 N–H and O–H groups in total. The van der Waals surface area contributed by atoms with Crippen LogP contribution in [-0.2, 0) is 10.2 Å². The summed E-state index contributed by atoms with van der Waals surface area (Å²) in [5, 5.41) is 9.68. The van der Waals surface area contributed by atoms with Crippen molar-refractivity contribution in [3.63, 3.8) is 0 Å². The highest BCUT2D eigenvalue weighted by atomic mass is 19.4. The number of aryl methyl sites for hydroxylation is 1. The second-order valence-corrected chi connectivity index (χ2v) is 8.15. The summed E-state index contributed by atoms with van der Waals surface area (Å²) in [6.07, 6.45) is 1.76. The molecule has 150 valence electrons. The summed E-state index contributed by atoms with van der Waals surface area (Å²) in [7, 11) is 0. The number of H-pyrrole nitrogens is 1. The van der Waals surface area contributed by atoms with Gasteiger partial charge in [-0.1, -0.05) is 44.7 Å². The smallest absolute Gasteiger partial charge is 0.342 e. The molecule has 2 heterocycles. The van der Waals surface area contributed by atoms with Gasteiger partial charge in [0.25, 0.3) is 0 Å². The van der Waals surface area contributed by atoms with Crippen molar-refractivity contribution in [2.75, 3.05) is 5.32 Å². The molecule has 0 unspecified atom stereocenters. The topological polar surface area (TPSA) is 57.8 Å². The van der Waals surface area contributed by atoms with E-state index in [4.69, 9.17) is 0 Å². The Bertz CT molecular complexity index is 931. The van der Waals surface area contributed by atoms with E-state index >= 15 is 0 Å². The lowest BCUT2D eigenvalue weighted by Crippen LogP contribution is -2.52. The molecule has 4 nitrogen and oxygen atoms in total. The number of fused-ring (bicyclic) bond motifs is 1. The van der Waals surface area contributed by atoms with Gasteiger partial charge in [-0.05, 0) is 31.3 Å². The van der Waals surface area contributed by atoms with Crippen LogP contribution in [0.5, 0.6) is 0 Å². The molecule has 0 fully saturated rings. The SMILES string of the molecule is C=C(/C=C\C=C/C)[C@]1(C(F)(F)F)C2=C(CC(C)(C)CC2=O)Nc2n[nH]c(C)c21. The van der Waals surface area contributed by atoms with Crippen LogP contribution in [0, 0.1) is 12.3 Å². The zero-order valence-corrected chi connectivity index (χ0v) is 16.4. The van der Waals surface area contributed by atoms with E-state index in [1.165, 1.54) is 19.1 Å². The second-order valence-electron chi connectivity index (χ2n) is 8.15. The fourth-order valence-corrected chi connectivity index (χ4v) is 4.30. The van der Waals surface area contributed by atoms with Gasteiger partial charge < -0.3 is 5.32 Å². The predicted octanol–water partition coefficient (Wildman–Crippen LogP) is 5.28. The van der Waals surface area contributed by atoms with Crippen LogP contribution in [0.15, 0.2) is 47.7 Å². The third-order valence-corrected chi connectivity index (χ3v) is 5.35. The van der Waals surface area contributed by atoms with Gasteiger partial charge in [-0.2, -0.15) is 18.3 Å². The number of alkyl halides is 3. The number of aromatic nitrogens is 2. The maximum absolute atomic E-state index is 14.9. The van der Waals surface area contributed by atoms with Gasteiger partial charge in [-0.15, -0.1) is 0 Å². The van der Waals surface area contributed by atoms with Crippen LogP contribution in [0.4, 0.5) is 19.0 Å². The van der Waals surface area contributed by atoms with Crippen LogP contribution in [0.3, 0.4) is 0 Å². The van der Waals surface area contributed by atoms with E-state index in [9.17, 15) is 18.0 Å². The number of hydrogen-bond acceptors (Lipinski definition) is 3. The first-order valence-electron chi connectivity index (χ1n) is 9.10. The summed E-state index contributed by atoms with van der Waals surface area (Å²) < 4.78 is 44.6. The van der Waals surface area contributed by atoms with E-state index in [1.54, 1.807) is 19.1 Å². The molecule has 1 aliphatic heterocycles. The molecule has 0 saturated heterocycles. The van der Waals surface area contributed by atoms with Gasteiger partial charge in [0, 0.05) is 28.9 Å². The van der Waals surface area contributed by atoms with E-state index < -0.39 is 22.8 Å². The van der Waals surface area contributed by atoms with Crippen molar-refractivity contribution in [1.82, 2.24) is 10.2 Å². The number of anilines is 1. The van der Waals surface area contributed by atoms with E-state index in [0.717, 1.165) is 0 Å². The first-order chi connectivity index (χ1) is 13.0. The molecular weight excluding hydrogens is 367 g/mol. The van der Waals surface area contributed by atoms with Gasteiger partial charge >= 0.3 is 6.18 Å². The number of halogens is 3. The Balaban J connectivity index is 2.39. The Morgan fingerprint density at radius 2 is 1.93 bits per heavy atom.